The monoisotopic (exact) mass is 367 g/mol. The first-order chi connectivity index (χ1) is 11.5. The van der Waals surface area contributed by atoms with Crippen molar-refractivity contribution in [2.75, 3.05) is 0 Å². The molecule has 0 unspecified atom stereocenters. The van der Waals surface area contributed by atoms with Crippen LogP contribution >= 0.6 is 0 Å². The standard InChI is InChI=1S/C20H33NO3S/c1-14(2)8-13-18(21-25(23)20(5,6)7)16-9-11-17(12-10-16)19(22)24-15(3)4/h9-12,14-15,18,21H,8,13H2,1-7H3/t18-,25+/m1/s1. The maximum absolute atomic E-state index is 12.5. The van der Waals surface area contributed by atoms with E-state index in [1.54, 1.807) is 12.1 Å². The van der Waals surface area contributed by atoms with Gasteiger partial charge in [0.2, 0.25) is 0 Å². The van der Waals surface area contributed by atoms with Crippen molar-refractivity contribution < 1.29 is 14.1 Å². The minimum absolute atomic E-state index is 0.00220. The number of hydrogen-bond donors (Lipinski definition) is 1. The first-order valence-electron chi connectivity index (χ1n) is 8.99. The second-order valence-electron chi connectivity index (χ2n) is 8.10. The summed E-state index contributed by atoms with van der Waals surface area (Å²) in [5, 5.41) is 0. The van der Waals surface area contributed by atoms with Crippen LogP contribution in [0.5, 0.6) is 0 Å². The summed E-state index contributed by atoms with van der Waals surface area (Å²) < 4.78 is 20.7. The summed E-state index contributed by atoms with van der Waals surface area (Å²) in [4.78, 5) is 12.0. The number of nitrogens with one attached hydrogen (secondary N) is 1. The molecule has 142 valence electrons. The van der Waals surface area contributed by atoms with E-state index in [1.165, 1.54) is 0 Å². The molecular formula is C20H33NO3S. The second-order valence-corrected chi connectivity index (χ2v) is 10.1. The Morgan fingerprint density at radius 2 is 1.68 bits per heavy atom. The maximum atomic E-state index is 12.5. The third kappa shape index (κ3) is 7.80. The lowest BCUT2D eigenvalue weighted by Crippen LogP contribution is -2.41. The molecule has 0 aromatic heterocycles. The molecule has 25 heavy (non-hydrogen) atoms. The first-order valence-corrected chi connectivity index (χ1v) is 10.1. The van der Waals surface area contributed by atoms with Gasteiger partial charge in [0.25, 0.3) is 0 Å². The fraction of sp³-hybridized carbons (Fsp3) is 0.650. The van der Waals surface area contributed by atoms with Gasteiger partial charge in [0.1, 0.15) is 4.75 Å². The van der Waals surface area contributed by atoms with E-state index in [0.29, 0.717) is 11.5 Å². The van der Waals surface area contributed by atoms with Gasteiger partial charge in [-0.25, -0.2) is 4.79 Å². The van der Waals surface area contributed by atoms with E-state index < -0.39 is 11.4 Å². The topological polar surface area (TPSA) is 61.4 Å². The number of carbonyl (C=O) groups excluding carboxylic acids is 1. The van der Waals surface area contributed by atoms with Crippen LogP contribution in [0.1, 0.15) is 83.3 Å². The van der Waals surface area contributed by atoms with Gasteiger partial charge < -0.3 is 9.29 Å². The zero-order valence-electron chi connectivity index (χ0n) is 16.6. The Hall–Kier alpha value is -1.04. The van der Waals surface area contributed by atoms with Crippen LogP contribution in [0, 0.1) is 5.92 Å². The third-order valence-corrected chi connectivity index (χ3v) is 5.34. The van der Waals surface area contributed by atoms with Crippen molar-refractivity contribution in [1.29, 1.82) is 0 Å². The number of esters is 1. The smallest absolute Gasteiger partial charge is 0.338 e. The van der Waals surface area contributed by atoms with E-state index in [1.807, 2.05) is 46.8 Å². The van der Waals surface area contributed by atoms with Crippen LogP contribution in [0.4, 0.5) is 0 Å². The Morgan fingerprint density at radius 1 is 1.12 bits per heavy atom. The Balaban J connectivity index is 2.91. The minimum Gasteiger partial charge on any atom is -0.598 e. The molecule has 0 aliphatic heterocycles. The zero-order chi connectivity index (χ0) is 19.2. The van der Waals surface area contributed by atoms with Crippen LogP contribution in [0.3, 0.4) is 0 Å². The van der Waals surface area contributed by atoms with Crippen LogP contribution < -0.4 is 4.72 Å². The number of hydrogen-bond acceptors (Lipinski definition) is 4. The Bertz CT molecular complexity index is 535. The first kappa shape index (κ1) is 22.0. The summed E-state index contributed by atoms with van der Waals surface area (Å²) in [5.74, 6) is 0.263. The zero-order valence-corrected chi connectivity index (χ0v) is 17.4. The summed E-state index contributed by atoms with van der Waals surface area (Å²) >= 11 is -1.15. The Labute approximate surface area is 156 Å². The highest BCUT2D eigenvalue weighted by molar-refractivity contribution is 7.90. The molecule has 0 saturated heterocycles. The normalized spacial score (nSPS) is 14.6. The molecule has 2 atom stereocenters. The molecule has 1 aromatic carbocycles. The van der Waals surface area contributed by atoms with Gasteiger partial charge in [-0.3, -0.25) is 0 Å². The van der Waals surface area contributed by atoms with Crippen LogP contribution in [-0.4, -0.2) is 21.4 Å². The molecule has 1 N–H and O–H groups in total. The summed E-state index contributed by atoms with van der Waals surface area (Å²) in [6.07, 6.45) is 1.80. The number of benzene rings is 1. The molecule has 0 aliphatic carbocycles. The fourth-order valence-corrected chi connectivity index (χ4v) is 3.10. The lowest BCUT2D eigenvalue weighted by atomic mass is 9.97. The fourth-order valence-electron chi connectivity index (χ4n) is 2.23. The van der Waals surface area contributed by atoms with Crippen LogP contribution in [0.2, 0.25) is 0 Å². The lowest BCUT2D eigenvalue weighted by Gasteiger charge is -2.28. The molecule has 0 heterocycles. The highest BCUT2D eigenvalue weighted by Crippen LogP contribution is 2.25. The number of carbonyl (C=O) groups is 1. The molecule has 5 heteroatoms. The highest BCUT2D eigenvalue weighted by Gasteiger charge is 2.29. The van der Waals surface area contributed by atoms with Gasteiger partial charge in [-0.05, 0) is 71.1 Å². The molecule has 0 radical (unpaired) electrons. The highest BCUT2D eigenvalue weighted by atomic mass is 32.2. The van der Waals surface area contributed by atoms with Crippen LogP contribution in [0.25, 0.3) is 0 Å². The van der Waals surface area contributed by atoms with Gasteiger partial charge in [-0.1, -0.05) is 26.0 Å². The Kier molecular flexibility index (Phi) is 8.45. The van der Waals surface area contributed by atoms with Crippen molar-refractivity contribution in [2.45, 2.75) is 78.2 Å². The van der Waals surface area contributed by atoms with Gasteiger partial charge in [0, 0.05) is 11.4 Å². The number of ether oxygens (including phenoxy) is 1. The lowest BCUT2D eigenvalue weighted by molar-refractivity contribution is 0.0378. The third-order valence-electron chi connectivity index (χ3n) is 3.73. The van der Waals surface area contributed by atoms with Crippen LogP contribution in [0.15, 0.2) is 24.3 Å². The average molecular weight is 368 g/mol. The van der Waals surface area contributed by atoms with Crippen molar-refractivity contribution in [2.24, 2.45) is 5.92 Å². The molecule has 1 rings (SSSR count). The van der Waals surface area contributed by atoms with Crippen molar-refractivity contribution in [3.8, 4) is 0 Å². The molecule has 0 saturated carbocycles. The average Bonchev–Trinajstić information content (AvgIpc) is 2.49. The summed E-state index contributed by atoms with van der Waals surface area (Å²) in [6, 6.07) is 7.41. The summed E-state index contributed by atoms with van der Waals surface area (Å²) in [6.45, 7) is 13.9. The van der Waals surface area contributed by atoms with Crippen molar-refractivity contribution in [3.63, 3.8) is 0 Å². The molecular weight excluding hydrogens is 334 g/mol. The molecule has 0 fully saturated rings. The Morgan fingerprint density at radius 3 is 2.12 bits per heavy atom. The summed E-state index contributed by atoms with van der Waals surface area (Å²) in [5.41, 5.74) is 1.58. The summed E-state index contributed by atoms with van der Waals surface area (Å²) in [7, 11) is 0. The maximum Gasteiger partial charge on any atom is 0.338 e. The second kappa shape index (κ2) is 9.60. The minimum atomic E-state index is -1.15. The molecule has 0 spiro atoms. The molecule has 1 aromatic rings. The van der Waals surface area contributed by atoms with Gasteiger partial charge in [0.05, 0.1) is 17.7 Å². The molecule has 4 nitrogen and oxygen atoms in total. The molecule has 0 bridgehead atoms. The van der Waals surface area contributed by atoms with Gasteiger partial charge in [0.15, 0.2) is 0 Å². The van der Waals surface area contributed by atoms with E-state index in [4.69, 9.17) is 4.74 Å². The van der Waals surface area contributed by atoms with E-state index in [2.05, 4.69) is 18.6 Å². The van der Waals surface area contributed by atoms with Gasteiger partial charge in [-0.2, -0.15) is 0 Å². The quantitative estimate of drug-likeness (QED) is 0.530. The van der Waals surface area contributed by atoms with E-state index >= 15 is 0 Å². The predicted octanol–water partition coefficient (Wildman–Crippen LogP) is 4.78. The van der Waals surface area contributed by atoms with E-state index in [-0.39, 0.29) is 22.9 Å². The SMILES string of the molecule is CC(C)CC[C@@H](N[S@@+]([O-])C(C)(C)C)c1ccc(C(=O)OC(C)C)cc1. The predicted molar refractivity (Wildman–Crippen MR) is 105 cm³/mol. The van der Waals surface area contributed by atoms with Gasteiger partial charge in [-0.15, -0.1) is 4.72 Å². The largest absolute Gasteiger partial charge is 0.598 e. The van der Waals surface area contributed by atoms with Crippen molar-refractivity contribution in [3.05, 3.63) is 35.4 Å². The van der Waals surface area contributed by atoms with Crippen molar-refractivity contribution >= 4 is 17.3 Å². The van der Waals surface area contributed by atoms with E-state index in [9.17, 15) is 9.35 Å². The van der Waals surface area contributed by atoms with Crippen LogP contribution in [-0.2, 0) is 16.1 Å². The van der Waals surface area contributed by atoms with Gasteiger partial charge >= 0.3 is 5.97 Å². The van der Waals surface area contributed by atoms with Crippen molar-refractivity contribution in [1.82, 2.24) is 4.72 Å². The number of rotatable bonds is 8. The van der Waals surface area contributed by atoms with E-state index in [0.717, 1.165) is 18.4 Å². The molecule has 0 aliphatic rings. The molecule has 0 amide bonds.